The zero-order valence-electron chi connectivity index (χ0n) is 16.9. The lowest BCUT2D eigenvalue weighted by Gasteiger charge is -2.31. The predicted molar refractivity (Wildman–Crippen MR) is 108 cm³/mol. The topological polar surface area (TPSA) is 105 Å². The summed E-state index contributed by atoms with van der Waals surface area (Å²) < 4.78 is 32.2. The smallest absolute Gasteiger partial charge is 0.243 e. The molecular formula is C20H28N4O4S. The third kappa shape index (κ3) is 5.42. The summed E-state index contributed by atoms with van der Waals surface area (Å²) in [7, 11) is -3.57. The molecule has 9 heteroatoms. The van der Waals surface area contributed by atoms with Crippen LogP contribution in [0.4, 0.5) is 0 Å². The number of sulfonamides is 1. The number of hydrogen-bond acceptors (Lipinski definition) is 6. The quantitative estimate of drug-likeness (QED) is 0.657. The number of carbonyl (C=O) groups is 1. The maximum absolute atomic E-state index is 12.8. The minimum Gasteiger partial charge on any atom is -0.356 e. The summed E-state index contributed by atoms with van der Waals surface area (Å²) in [5.41, 5.74) is 0. The molecule has 29 heavy (non-hydrogen) atoms. The first-order chi connectivity index (χ1) is 13.9. The Bertz CT molecular complexity index is 912. The molecule has 2 heterocycles. The van der Waals surface area contributed by atoms with Gasteiger partial charge < -0.3 is 9.84 Å². The van der Waals surface area contributed by atoms with Crippen molar-refractivity contribution in [3.63, 3.8) is 0 Å². The largest absolute Gasteiger partial charge is 0.356 e. The molecule has 1 fully saturated rings. The minimum atomic E-state index is -3.57. The number of aromatic nitrogens is 2. The summed E-state index contributed by atoms with van der Waals surface area (Å²) >= 11 is 0. The summed E-state index contributed by atoms with van der Waals surface area (Å²) in [6.45, 7) is 5.14. The van der Waals surface area contributed by atoms with Gasteiger partial charge >= 0.3 is 0 Å². The number of benzene rings is 1. The second-order valence-electron chi connectivity index (χ2n) is 7.61. The average molecular weight is 421 g/mol. The zero-order chi connectivity index (χ0) is 20.9. The Kier molecular flexibility index (Phi) is 7.02. The third-order valence-corrected chi connectivity index (χ3v) is 6.88. The van der Waals surface area contributed by atoms with Crippen LogP contribution in [-0.4, -0.2) is 48.4 Å². The van der Waals surface area contributed by atoms with Crippen molar-refractivity contribution >= 4 is 15.9 Å². The Balaban J connectivity index is 1.48. The lowest BCUT2D eigenvalue weighted by atomic mass is 9.99. The Hall–Kier alpha value is -2.26. The molecule has 1 aliphatic heterocycles. The summed E-state index contributed by atoms with van der Waals surface area (Å²) in [6.07, 6.45) is 2.64. The zero-order valence-corrected chi connectivity index (χ0v) is 17.7. The van der Waals surface area contributed by atoms with Gasteiger partial charge in [0.25, 0.3) is 0 Å². The summed E-state index contributed by atoms with van der Waals surface area (Å²) in [4.78, 5) is 17.1. The van der Waals surface area contributed by atoms with Gasteiger partial charge in [-0.2, -0.15) is 9.29 Å². The van der Waals surface area contributed by atoms with Crippen LogP contribution in [0, 0.1) is 5.92 Å². The van der Waals surface area contributed by atoms with E-state index >= 15 is 0 Å². The van der Waals surface area contributed by atoms with Crippen LogP contribution in [0.15, 0.2) is 39.8 Å². The van der Waals surface area contributed by atoms with E-state index in [0.717, 1.165) is 0 Å². The van der Waals surface area contributed by atoms with Crippen LogP contribution in [0.3, 0.4) is 0 Å². The number of amides is 1. The van der Waals surface area contributed by atoms with E-state index in [0.29, 0.717) is 50.5 Å². The van der Waals surface area contributed by atoms with Crippen molar-refractivity contribution in [2.45, 2.75) is 50.3 Å². The first kappa shape index (κ1) is 21.4. The molecule has 3 rings (SSSR count). The Morgan fingerprint density at radius 3 is 2.76 bits per heavy atom. The number of carbonyl (C=O) groups excluding carboxylic acids is 1. The van der Waals surface area contributed by atoms with Gasteiger partial charge in [0.1, 0.15) is 0 Å². The third-order valence-electron chi connectivity index (χ3n) is 5.00. The van der Waals surface area contributed by atoms with Crippen LogP contribution in [0.25, 0.3) is 0 Å². The van der Waals surface area contributed by atoms with Crippen molar-refractivity contribution in [3.8, 4) is 0 Å². The SMILES string of the molecule is CC(C)c1noc(CCCNC(=O)C2CCCN(S(=O)(=O)c3ccccc3)C2)n1. The number of rotatable bonds is 8. The molecular weight excluding hydrogens is 392 g/mol. The van der Waals surface area contributed by atoms with Crippen molar-refractivity contribution in [1.82, 2.24) is 19.8 Å². The molecule has 1 aliphatic rings. The maximum Gasteiger partial charge on any atom is 0.243 e. The molecule has 1 amide bonds. The molecule has 2 aromatic rings. The number of hydrogen-bond donors (Lipinski definition) is 1. The molecule has 0 saturated carbocycles. The van der Waals surface area contributed by atoms with E-state index in [1.807, 2.05) is 13.8 Å². The number of nitrogens with zero attached hydrogens (tertiary/aromatic N) is 3. The standard InChI is InChI=1S/C20H28N4O4S/c1-15(2)19-22-18(28-23-19)11-6-12-21-20(25)16-8-7-13-24(14-16)29(26,27)17-9-4-3-5-10-17/h3-5,9-10,15-16H,6-8,11-14H2,1-2H3,(H,21,25). The van der Waals surface area contributed by atoms with E-state index in [2.05, 4.69) is 15.5 Å². The van der Waals surface area contributed by atoms with E-state index in [-0.39, 0.29) is 29.2 Å². The number of aryl methyl sites for hydroxylation is 1. The molecule has 0 spiro atoms. The van der Waals surface area contributed by atoms with E-state index in [9.17, 15) is 13.2 Å². The highest BCUT2D eigenvalue weighted by molar-refractivity contribution is 7.89. The van der Waals surface area contributed by atoms with Gasteiger partial charge in [-0.3, -0.25) is 4.79 Å². The van der Waals surface area contributed by atoms with Gasteiger partial charge in [-0.05, 0) is 31.4 Å². The van der Waals surface area contributed by atoms with E-state index in [4.69, 9.17) is 4.52 Å². The lowest BCUT2D eigenvalue weighted by molar-refractivity contribution is -0.126. The molecule has 8 nitrogen and oxygen atoms in total. The second-order valence-corrected chi connectivity index (χ2v) is 9.55. The molecule has 158 valence electrons. The predicted octanol–water partition coefficient (Wildman–Crippen LogP) is 2.34. The lowest BCUT2D eigenvalue weighted by Crippen LogP contribution is -2.45. The van der Waals surface area contributed by atoms with Gasteiger partial charge in [0.2, 0.25) is 21.8 Å². The van der Waals surface area contributed by atoms with Crippen LogP contribution < -0.4 is 5.32 Å². The van der Waals surface area contributed by atoms with Crippen LogP contribution in [0.2, 0.25) is 0 Å². The van der Waals surface area contributed by atoms with Crippen molar-refractivity contribution in [1.29, 1.82) is 0 Å². The second kappa shape index (κ2) is 9.49. The fourth-order valence-electron chi connectivity index (χ4n) is 3.32. The summed E-state index contributed by atoms with van der Waals surface area (Å²) in [5, 5.41) is 6.84. The highest BCUT2D eigenvalue weighted by atomic mass is 32.2. The van der Waals surface area contributed by atoms with E-state index in [1.54, 1.807) is 30.3 Å². The van der Waals surface area contributed by atoms with Gasteiger partial charge in [0.05, 0.1) is 10.8 Å². The van der Waals surface area contributed by atoms with Gasteiger partial charge in [-0.25, -0.2) is 8.42 Å². The van der Waals surface area contributed by atoms with Gasteiger partial charge in [0.15, 0.2) is 5.82 Å². The van der Waals surface area contributed by atoms with E-state index in [1.165, 1.54) is 4.31 Å². The summed E-state index contributed by atoms with van der Waals surface area (Å²) in [5.74, 6) is 1.03. The van der Waals surface area contributed by atoms with Crippen LogP contribution >= 0.6 is 0 Å². The van der Waals surface area contributed by atoms with Gasteiger partial charge in [0, 0.05) is 32.0 Å². The van der Waals surface area contributed by atoms with Crippen molar-refractivity contribution in [2.24, 2.45) is 5.92 Å². The van der Waals surface area contributed by atoms with E-state index < -0.39 is 10.0 Å². The van der Waals surface area contributed by atoms with Crippen LogP contribution in [0.5, 0.6) is 0 Å². The highest BCUT2D eigenvalue weighted by Gasteiger charge is 2.33. The highest BCUT2D eigenvalue weighted by Crippen LogP contribution is 2.23. The molecule has 0 radical (unpaired) electrons. The Morgan fingerprint density at radius 1 is 1.31 bits per heavy atom. The molecule has 1 aromatic heterocycles. The maximum atomic E-state index is 12.8. The Morgan fingerprint density at radius 2 is 2.07 bits per heavy atom. The number of piperidine rings is 1. The Labute approximate surface area is 171 Å². The monoisotopic (exact) mass is 420 g/mol. The fraction of sp³-hybridized carbons (Fsp3) is 0.550. The molecule has 1 saturated heterocycles. The fourth-order valence-corrected chi connectivity index (χ4v) is 4.86. The van der Waals surface area contributed by atoms with Crippen molar-refractivity contribution in [3.05, 3.63) is 42.0 Å². The molecule has 0 bridgehead atoms. The van der Waals surface area contributed by atoms with Gasteiger partial charge in [-0.15, -0.1) is 0 Å². The molecule has 0 aliphatic carbocycles. The van der Waals surface area contributed by atoms with Crippen LogP contribution in [0.1, 0.15) is 50.7 Å². The minimum absolute atomic E-state index is 0.105. The molecule has 1 atom stereocenters. The molecule has 1 unspecified atom stereocenters. The van der Waals surface area contributed by atoms with Crippen molar-refractivity contribution in [2.75, 3.05) is 19.6 Å². The summed E-state index contributed by atoms with van der Waals surface area (Å²) in [6, 6.07) is 8.36. The first-order valence-electron chi connectivity index (χ1n) is 10.0. The van der Waals surface area contributed by atoms with Crippen LogP contribution in [-0.2, 0) is 21.2 Å². The van der Waals surface area contributed by atoms with Gasteiger partial charge in [-0.1, -0.05) is 37.2 Å². The van der Waals surface area contributed by atoms with Crippen molar-refractivity contribution < 1.29 is 17.7 Å². The average Bonchev–Trinajstić information content (AvgIpc) is 3.21. The number of nitrogens with one attached hydrogen (secondary N) is 1. The first-order valence-corrected chi connectivity index (χ1v) is 11.5. The molecule has 1 aromatic carbocycles. The normalized spacial score (nSPS) is 18.1. The molecule has 1 N–H and O–H groups in total.